The number of nitrogens with zero attached hydrogens (tertiary/aromatic N) is 1. The summed E-state index contributed by atoms with van der Waals surface area (Å²) in [5.41, 5.74) is 0. The van der Waals surface area contributed by atoms with Gasteiger partial charge in [-0.25, -0.2) is 9.69 Å². The van der Waals surface area contributed by atoms with Crippen LogP contribution >= 0.6 is 22.6 Å². The highest BCUT2D eigenvalue weighted by atomic mass is 127. The first-order valence-electron chi connectivity index (χ1n) is 5.23. The summed E-state index contributed by atoms with van der Waals surface area (Å²) in [5.74, 6) is -0.135. The van der Waals surface area contributed by atoms with Crippen LogP contribution in [0.2, 0.25) is 0 Å². The normalized spacial score (nSPS) is 36.9. The Morgan fingerprint density at radius 2 is 2.13 bits per heavy atom. The van der Waals surface area contributed by atoms with Crippen LogP contribution in [0.3, 0.4) is 0 Å². The standard InChI is InChI=1S/C10H14INO3/c1-6-4-7(11)2-3-8-5-15-10(14)12(8)9(6)13/h6-8H,2-5H2,1H3/t6-,7+,8+/m1/s1. The molecule has 0 aliphatic carbocycles. The fourth-order valence-corrected chi connectivity index (χ4v) is 3.28. The quantitative estimate of drug-likeness (QED) is 0.506. The average molecular weight is 323 g/mol. The molecule has 0 aromatic rings. The summed E-state index contributed by atoms with van der Waals surface area (Å²) < 4.78 is 5.46. The Hall–Kier alpha value is -0.330. The van der Waals surface area contributed by atoms with Gasteiger partial charge in [-0.3, -0.25) is 4.79 Å². The average Bonchev–Trinajstić information content (AvgIpc) is 2.54. The minimum absolute atomic E-state index is 0.0231. The Morgan fingerprint density at radius 3 is 2.87 bits per heavy atom. The number of hydrogen-bond donors (Lipinski definition) is 0. The number of fused-ring (bicyclic) bond motifs is 1. The van der Waals surface area contributed by atoms with Crippen LogP contribution in [0.25, 0.3) is 0 Å². The maximum atomic E-state index is 12.0. The lowest BCUT2D eigenvalue weighted by atomic mass is 9.96. The summed E-state index contributed by atoms with van der Waals surface area (Å²) in [5, 5.41) is 0. The third kappa shape index (κ3) is 2.11. The van der Waals surface area contributed by atoms with Gasteiger partial charge in [0, 0.05) is 9.84 Å². The van der Waals surface area contributed by atoms with Gasteiger partial charge in [-0.1, -0.05) is 29.5 Å². The lowest BCUT2D eigenvalue weighted by Crippen LogP contribution is -2.44. The van der Waals surface area contributed by atoms with E-state index in [0.29, 0.717) is 10.5 Å². The van der Waals surface area contributed by atoms with Gasteiger partial charge in [-0.05, 0) is 19.3 Å². The Labute approximate surface area is 102 Å². The predicted molar refractivity (Wildman–Crippen MR) is 62.8 cm³/mol. The van der Waals surface area contributed by atoms with Crippen molar-refractivity contribution in [2.75, 3.05) is 6.61 Å². The maximum absolute atomic E-state index is 12.0. The van der Waals surface area contributed by atoms with Gasteiger partial charge in [-0.15, -0.1) is 0 Å². The van der Waals surface area contributed by atoms with E-state index in [0.717, 1.165) is 19.3 Å². The molecule has 2 aliphatic heterocycles. The fourth-order valence-electron chi connectivity index (χ4n) is 2.16. The van der Waals surface area contributed by atoms with Crippen molar-refractivity contribution >= 4 is 34.6 Å². The summed E-state index contributed by atoms with van der Waals surface area (Å²) in [6.07, 6.45) is 2.33. The second kappa shape index (κ2) is 4.27. The Balaban J connectivity index is 2.19. The summed E-state index contributed by atoms with van der Waals surface area (Å²) in [6, 6.07) is -0.0231. The molecule has 0 radical (unpaired) electrons. The molecule has 4 nitrogen and oxygen atoms in total. The zero-order valence-electron chi connectivity index (χ0n) is 8.61. The number of carbonyl (C=O) groups excluding carboxylic acids is 2. The third-order valence-electron chi connectivity index (χ3n) is 3.04. The smallest absolute Gasteiger partial charge is 0.416 e. The van der Waals surface area contributed by atoms with Crippen LogP contribution in [-0.2, 0) is 9.53 Å². The van der Waals surface area contributed by atoms with E-state index in [1.165, 1.54) is 4.90 Å². The molecule has 5 heteroatoms. The molecule has 2 heterocycles. The van der Waals surface area contributed by atoms with Crippen molar-refractivity contribution in [3.8, 4) is 0 Å². The number of alkyl halides is 1. The first-order valence-corrected chi connectivity index (χ1v) is 6.48. The highest BCUT2D eigenvalue weighted by Gasteiger charge is 2.41. The Bertz CT molecular complexity index is 294. The molecule has 3 atom stereocenters. The molecule has 0 saturated carbocycles. The number of carbonyl (C=O) groups is 2. The second-order valence-corrected chi connectivity index (χ2v) is 6.01. The topological polar surface area (TPSA) is 46.6 Å². The lowest BCUT2D eigenvalue weighted by molar-refractivity contribution is -0.133. The first kappa shape index (κ1) is 11.2. The van der Waals surface area contributed by atoms with Crippen molar-refractivity contribution in [3.63, 3.8) is 0 Å². The molecule has 2 rings (SSSR count). The number of ether oxygens (including phenoxy) is 1. The molecule has 0 spiro atoms. The van der Waals surface area contributed by atoms with Gasteiger partial charge in [0.15, 0.2) is 0 Å². The SMILES string of the molecule is C[C@@H]1C[C@@H](I)CC[C@H]2COC(=O)N2C1=O. The number of imide groups is 1. The van der Waals surface area contributed by atoms with Crippen molar-refractivity contribution in [2.24, 2.45) is 5.92 Å². The van der Waals surface area contributed by atoms with Crippen LogP contribution < -0.4 is 0 Å². The largest absolute Gasteiger partial charge is 0.447 e. The molecule has 2 fully saturated rings. The molecule has 84 valence electrons. The number of hydrogen-bond acceptors (Lipinski definition) is 3. The van der Waals surface area contributed by atoms with Crippen molar-refractivity contribution in [1.29, 1.82) is 0 Å². The molecule has 0 bridgehead atoms. The lowest BCUT2D eigenvalue weighted by Gasteiger charge is -2.27. The van der Waals surface area contributed by atoms with Crippen molar-refractivity contribution < 1.29 is 14.3 Å². The monoisotopic (exact) mass is 323 g/mol. The summed E-state index contributed by atoms with van der Waals surface area (Å²) >= 11 is 2.39. The predicted octanol–water partition coefficient (Wildman–Crippen LogP) is 1.96. The first-order chi connectivity index (χ1) is 7.09. The number of halogens is 1. The Morgan fingerprint density at radius 1 is 1.40 bits per heavy atom. The molecule has 15 heavy (non-hydrogen) atoms. The minimum Gasteiger partial charge on any atom is -0.447 e. The van der Waals surface area contributed by atoms with Gasteiger partial charge in [0.1, 0.15) is 6.61 Å². The van der Waals surface area contributed by atoms with Crippen LogP contribution in [0.4, 0.5) is 4.79 Å². The van der Waals surface area contributed by atoms with Gasteiger partial charge in [0.05, 0.1) is 6.04 Å². The van der Waals surface area contributed by atoms with E-state index in [1.807, 2.05) is 6.92 Å². The molecule has 0 aromatic carbocycles. The molecular formula is C10H14INO3. The van der Waals surface area contributed by atoms with Crippen LogP contribution in [0.1, 0.15) is 26.2 Å². The molecule has 2 saturated heterocycles. The van der Waals surface area contributed by atoms with Crippen molar-refractivity contribution in [2.45, 2.75) is 36.2 Å². The second-order valence-electron chi connectivity index (χ2n) is 4.25. The summed E-state index contributed by atoms with van der Waals surface area (Å²) in [4.78, 5) is 24.7. The van der Waals surface area contributed by atoms with Gasteiger partial charge in [-0.2, -0.15) is 0 Å². The van der Waals surface area contributed by atoms with E-state index >= 15 is 0 Å². The van der Waals surface area contributed by atoms with Crippen LogP contribution in [0.5, 0.6) is 0 Å². The maximum Gasteiger partial charge on any atom is 0.416 e. The molecule has 2 aliphatic rings. The number of rotatable bonds is 0. The summed E-state index contributed by atoms with van der Waals surface area (Å²) in [6.45, 7) is 2.27. The van der Waals surface area contributed by atoms with Crippen LogP contribution in [0, 0.1) is 5.92 Å². The number of amides is 2. The van der Waals surface area contributed by atoms with E-state index in [-0.39, 0.29) is 17.9 Å². The van der Waals surface area contributed by atoms with Gasteiger partial charge < -0.3 is 4.74 Å². The highest BCUT2D eigenvalue weighted by Crippen LogP contribution is 2.29. The fraction of sp³-hybridized carbons (Fsp3) is 0.800. The highest BCUT2D eigenvalue weighted by molar-refractivity contribution is 14.1. The summed E-state index contributed by atoms with van der Waals surface area (Å²) in [7, 11) is 0. The van der Waals surface area contributed by atoms with Crippen LogP contribution in [0.15, 0.2) is 0 Å². The molecule has 0 aromatic heterocycles. The number of cyclic esters (lactones) is 1. The van der Waals surface area contributed by atoms with Gasteiger partial charge in [0.25, 0.3) is 0 Å². The van der Waals surface area contributed by atoms with Crippen molar-refractivity contribution in [1.82, 2.24) is 4.90 Å². The molecule has 0 unspecified atom stereocenters. The Kier molecular flexibility index (Phi) is 3.18. The van der Waals surface area contributed by atoms with Crippen LogP contribution in [-0.4, -0.2) is 33.5 Å². The zero-order valence-corrected chi connectivity index (χ0v) is 10.8. The zero-order chi connectivity index (χ0) is 11.0. The molecular weight excluding hydrogens is 309 g/mol. The van der Waals surface area contributed by atoms with E-state index in [4.69, 9.17) is 4.74 Å². The van der Waals surface area contributed by atoms with Gasteiger partial charge in [0.2, 0.25) is 5.91 Å². The molecule has 0 N–H and O–H groups in total. The van der Waals surface area contributed by atoms with Gasteiger partial charge >= 0.3 is 6.09 Å². The minimum atomic E-state index is -0.455. The van der Waals surface area contributed by atoms with E-state index in [1.54, 1.807) is 0 Å². The third-order valence-corrected chi connectivity index (χ3v) is 4.17. The van der Waals surface area contributed by atoms with E-state index < -0.39 is 6.09 Å². The van der Waals surface area contributed by atoms with E-state index in [9.17, 15) is 9.59 Å². The van der Waals surface area contributed by atoms with Crippen molar-refractivity contribution in [3.05, 3.63) is 0 Å². The molecule has 2 amide bonds. The van der Waals surface area contributed by atoms with E-state index in [2.05, 4.69) is 22.6 Å².